The fourth-order valence-corrected chi connectivity index (χ4v) is 2.54. The first-order valence-electron chi connectivity index (χ1n) is 8.16. The van der Waals surface area contributed by atoms with Crippen molar-refractivity contribution in [1.82, 2.24) is 5.32 Å². The highest BCUT2D eigenvalue weighted by atomic mass is 35.5. The molecule has 6 heteroatoms. The number of benzene rings is 3. The molecule has 0 saturated heterocycles. The van der Waals surface area contributed by atoms with Crippen LogP contribution in [0.15, 0.2) is 78.9 Å². The summed E-state index contributed by atoms with van der Waals surface area (Å²) in [6.45, 7) is -0.00632. The van der Waals surface area contributed by atoms with Gasteiger partial charge in [-0.05, 0) is 42.0 Å². The van der Waals surface area contributed by atoms with Gasteiger partial charge in [-0.2, -0.15) is 0 Å². The SMILES string of the molecule is O=C(NC(=O)c1ccccc1Cl)OCc1cccc(Oc2ccccc2)c1. The van der Waals surface area contributed by atoms with Crippen LogP contribution in [0.1, 0.15) is 15.9 Å². The minimum absolute atomic E-state index is 0.00632. The molecule has 0 unspecified atom stereocenters. The number of hydrogen-bond donors (Lipinski definition) is 1. The van der Waals surface area contributed by atoms with Crippen molar-refractivity contribution in [1.29, 1.82) is 0 Å². The van der Waals surface area contributed by atoms with Crippen LogP contribution in [-0.4, -0.2) is 12.0 Å². The van der Waals surface area contributed by atoms with Crippen LogP contribution in [0.3, 0.4) is 0 Å². The Morgan fingerprint density at radius 2 is 1.56 bits per heavy atom. The van der Waals surface area contributed by atoms with Crippen molar-refractivity contribution in [3.63, 3.8) is 0 Å². The zero-order chi connectivity index (χ0) is 19.1. The Morgan fingerprint density at radius 1 is 0.852 bits per heavy atom. The van der Waals surface area contributed by atoms with Gasteiger partial charge in [0.25, 0.3) is 5.91 Å². The molecular formula is C21H16ClNO4. The third kappa shape index (κ3) is 5.33. The Balaban J connectivity index is 1.55. The Kier molecular flexibility index (Phi) is 6.07. The van der Waals surface area contributed by atoms with E-state index in [1.807, 2.05) is 30.3 Å². The number of para-hydroxylation sites is 1. The summed E-state index contributed by atoms with van der Waals surface area (Å²) in [6.07, 6.45) is -0.852. The number of carbonyl (C=O) groups is 2. The molecule has 2 amide bonds. The Morgan fingerprint density at radius 3 is 2.33 bits per heavy atom. The molecule has 0 fully saturated rings. The smallest absolute Gasteiger partial charge is 0.414 e. The highest BCUT2D eigenvalue weighted by Crippen LogP contribution is 2.22. The number of imide groups is 1. The van der Waals surface area contributed by atoms with E-state index in [4.69, 9.17) is 21.1 Å². The molecular weight excluding hydrogens is 366 g/mol. The predicted molar refractivity (Wildman–Crippen MR) is 102 cm³/mol. The van der Waals surface area contributed by atoms with Crippen molar-refractivity contribution in [3.05, 3.63) is 95.0 Å². The second-order valence-electron chi connectivity index (χ2n) is 5.57. The summed E-state index contributed by atoms with van der Waals surface area (Å²) in [5.74, 6) is 0.709. The second kappa shape index (κ2) is 8.87. The molecule has 0 heterocycles. The minimum Gasteiger partial charge on any atom is -0.457 e. The van der Waals surface area contributed by atoms with Crippen LogP contribution >= 0.6 is 11.6 Å². The molecule has 0 atom stereocenters. The van der Waals surface area contributed by atoms with Crippen LogP contribution in [0, 0.1) is 0 Å². The van der Waals surface area contributed by atoms with E-state index in [0.717, 1.165) is 5.56 Å². The van der Waals surface area contributed by atoms with Gasteiger partial charge in [-0.15, -0.1) is 0 Å². The molecule has 0 bridgehead atoms. The van der Waals surface area contributed by atoms with E-state index < -0.39 is 12.0 Å². The van der Waals surface area contributed by atoms with E-state index in [0.29, 0.717) is 11.5 Å². The zero-order valence-electron chi connectivity index (χ0n) is 14.2. The summed E-state index contributed by atoms with van der Waals surface area (Å²) in [5, 5.41) is 2.40. The highest BCUT2D eigenvalue weighted by Gasteiger charge is 2.14. The molecule has 0 aliphatic heterocycles. The van der Waals surface area contributed by atoms with E-state index in [1.165, 1.54) is 6.07 Å². The molecule has 0 aliphatic carbocycles. The maximum Gasteiger partial charge on any atom is 0.414 e. The number of rotatable bonds is 5. The molecule has 0 aromatic heterocycles. The lowest BCUT2D eigenvalue weighted by molar-refractivity contribution is 0.0912. The molecule has 3 aromatic rings. The van der Waals surface area contributed by atoms with Crippen molar-refractivity contribution in [2.75, 3.05) is 0 Å². The molecule has 0 aliphatic rings. The van der Waals surface area contributed by atoms with Gasteiger partial charge in [0.2, 0.25) is 0 Å². The van der Waals surface area contributed by atoms with Gasteiger partial charge in [0, 0.05) is 0 Å². The Labute approximate surface area is 161 Å². The number of ether oxygens (including phenoxy) is 2. The van der Waals surface area contributed by atoms with Crippen molar-refractivity contribution in [2.24, 2.45) is 0 Å². The molecule has 5 nitrogen and oxygen atoms in total. The zero-order valence-corrected chi connectivity index (χ0v) is 15.0. The van der Waals surface area contributed by atoms with E-state index in [2.05, 4.69) is 5.32 Å². The van der Waals surface area contributed by atoms with Crippen LogP contribution in [0.2, 0.25) is 5.02 Å². The summed E-state index contributed by atoms with van der Waals surface area (Å²) < 4.78 is 10.8. The molecule has 3 rings (SSSR count). The van der Waals surface area contributed by atoms with Crippen LogP contribution in [-0.2, 0) is 11.3 Å². The van der Waals surface area contributed by atoms with Crippen LogP contribution in [0.4, 0.5) is 4.79 Å². The van der Waals surface area contributed by atoms with E-state index in [1.54, 1.807) is 42.5 Å². The van der Waals surface area contributed by atoms with Crippen molar-refractivity contribution < 1.29 is 19.1 Å². The third-order valence-corrected chi connectivity index (χ3v) is 3.91. The fraction of sp³-hybridized carbons (Fsp3) is 0.0476. The van der Waals surface area contributed by atoms with Gasteiger partial charge < -0.3 is 9.47 Å². The first kappa shape index (κ1) is 18.5. The van der Waals surface area contributed by atoms with Gasteiger partial charge in [-0.1, -0.05) is 54.1 Å². The Bertz CT molecular complexity index is 944. The largest absolute Gasteiger partial charge is 0.457 e. The molecule has 0 saturated carbocycles. The van der Waals surface area contributed by atoms with Crippen LogP contribution < -0.4 is 10.1 Å². The normalized spacial score (nSPS) is 10.1. The lowest BCUT2D eigenvalue weighted by Crippen LogP contribution is -2.31. The Hall–Kier alpha value is -3.31. The van der Waals surface area contributed by atoms with Gasteiger partial charge in [0.05, 0.1) is 10.6 Å². The topological polar surface area (TPSA) is 64.6 Å². The number of nitrogens with one attached hydrogen (secondary N) is 1. The van der Waals surface area contributed by atoms with Gasteiger partial charge in [0.15, 0.2) is 0 Å². The number of halogens is 1. The number of carbonyl (C=O) groups excluding carboxylic acids is 2. The number of alkyl carbamates (subject to hydrolysis) is 1. The van der Waals surface area contributed by atoms with Crippen molar-refractivity contribution in [3.8, 4) is 11.5 Å². The molecule has 3 aromatic carbocycles. The van der Waals surface area contributed by atoms with Gasteiger partial charge in [-0.3, -0.25) is 10.1 Å². The fourth-order valence-electron chi connectivity index (χ4n) is 2.31. The van der Waals surface area contributed by atoms with Crippen molar-refractivity contribution in [2.45, 2.75) is 6.61 Å². The summed E-state index contributed by atoms with van der Waals surface area (Å²) in [4.78, 5) is 23.9. The van der Waals surface area contributed by atoms with E-state index >= 15 is 0 Å². The highest BCUT2D eigenvalue weighted by molar-refractivity contribution is 6.34. The monoisotopic (exact) mass is 381 g/mol. The molecule has 0 spiro atoms. The number of amides is 2. The van der Waals surface area contributed by atoms with Crippen LogP contribution in [0.5, 0.6) is 11.5 Å². The molecule has 1 N–H and O–H groups in total. The lowest BCUT2D eigenvalue weighted by atomic mass is 10.2. The first-order chi connectivity index (χ1) is 13.1. The summed E-state index contributed by atoms with van der Waals surface area (Å²) in [7, 11) is 0. The van der Waals surface area contributed by atoms with E-state index in [-0.39, 0.29) is 17.2 Å². The standard InChI is InChI=1S/C21H16ClNO4/c22-19-12-5-4-11-18(19)20(24)23-21(25)26-14-15-7-6-10-17(13-15)27-16-8-2-1-3-9-16/h1-13H,14H2,(H,23,24,25). The molecule has 136 valence electrons. The average molecular weight is 382 g/mol. The molecule has 27 heavy (non-hydrogen) atoms. The quantitative estimate of drug-likeness (QED) is 0.659. The molecule has 0 radical (unpaired) electrons. The van der Waals surface area contributed by atoms with E-state index in [9.17, 15) is 9.59 Å². The third-order valence-electron chi connectivity index (χ3n) is 3.58. The minimum atomic E-state index is -0.852. The van der Waals surface area contributed by atoms with Gasteiger partial charge >= 0.3 is 6.09 Å². The maximum absolute atomic E-state index is 12.0. The van der Waals surface area contributed by atoms with Gasteiger partial charge in [0.1, 0.15) is 18.1 Å². The lowest BCUT2D eigenvalue weighted by Gasteiger charge is -2.09. The average Bonchev–Trinajstić information content (AvgIpc) is 2.68. The first-order valence-corrected chi connectivity index (χ1v) is 8.54. The second-order valence-corrected chi connectivity index (χ2v) is 5.98. The summed E-state index contributed by atoms with van der Waals surface area (Å²) >= 11 is 5.93. The summed E-state index contributed by atoms with van der Waals surface area (Å²) in [6, 6.07) is 22.9. The van der Waals surface area contributed by atoms with Crippen LogP contribution in [0.25, 0.3) is 0 Å². The predicted octanol–water partition coefficient (Wildman–Crippen LogP) is 5.20. The van der Waals surface area contributed by atoms with Crippen molar-refractivity contribution >= 4 is 23.6 Å². The van der Waals surface area contributed by atoms with Gasteiger partial charge in [-0.25, -0.2) is 4.79 Å². The maximum atomic E-state index is 12.0. The summed E-state index contributed by atoms with van der Waals surface area (Å²) in [5.41, 5.74) is 0.929. The number of hydrogen-bond acceptors (Lipinski definition) is 4.